The summed E-state index contributed by atoms with van der Waals surface area (Å²) >= 11 is 0. The molecule has 0 aliphatic heterocycles. The molecule has 3 heteroatoms. The van der Waals surface area contributed by atoms with Crippen molar-refractivity contribution in [3.8, 4) is 5.75 Å². The van der Waals surface area contributed by atoms with E-state index >= 15 is 0 Å². The highest BCUT2D eigenvalue weighted by Gasteiger charge is 2.01. The van der Waals surface area contributed by atoms with E-state index in [9.17, 15) is 4.79 Å². The van der Waals surface area contributed by atoms with Gasteiger partial charge in [0.15, 0.2) is 0 Å². The second kappa shape index (κ2) is 4.46. The molecule has 0 saturated heterocycles. The molecule has 0 bridgehead atoms. The third-order valence-electron chi connectivity index (χ3n) is 1.92. The maximum atomic E-state index is 10.6. The van der Waals surface area contributed by atoms with Gasteiger partial charge in [0.25, 0.3) is 0 Å². The first-order valence-corrected chi connectivity index (χ1v) is 4.26. The van der Waals surface area contributed by atoms with Gasteiger partial charge in [-0.2, -0.15) is 0 Å². The molecule has 0 radical (unpaired) electrons. The van der Waals surface area contributed by atoms with E-state index in [0.717, 1.165) is 16.9 Å². The van der Waals surface area contributed by atoms with Crippen molar-refractivity contribution in [2.45, 2.75) is 6.92 Å². The average molecular weight is 191 g/mol. The highest BCUT2D eigenvalue weighted by atomic mass is 16.5. The summed E-state index contributed by atoms with van der Waals surface area (Å²) in [6, 6.07) is 5.69. The fourth-order valence-corrected chi connectivity index (χ4v) is 1.21. The summed E-state index contributed by atoms with van der Waals surface area (Å²) in [4.78, 5) is 10.6. The topological polar surface area (TPSA) is 52.3 Å². The number of benzene rings is 1. The molecule has 0 atom stereocenters. The van der Waals surface area contributed by atoms with Gasteiger partial charge >= 0.3 is 0 Å². The van der Waals surface area contributed by atoms with Gasteiger partial charge in [-0.15, -0.1) is 0 Å². The van der Waals surface area contributed by atoms with E-state index in [-0.39, 0.29) is 0 Å². The highest BCUT2D eigenvalue weighted by Crippen LogP contribution is 2.22. The summed E-state index contributed by atoms with van der Waals surface area (Å²) in [7, 11) is 1.59. The van der Waals surface area contributed by atoms with E-state index in [1.807, 2.05) is 25.1 Å². The lowest BCUT2D eigenvalue weighted by molar-refractivity contribution is -0.113. The highest BCUT2D eigenvalue weighted by molar-refractivity contribution is 5.90. The number of amides is 1. The SMILES string of the molecule is COc1cccc(C)c1/C=C\C(N)=O. The fraction of sp³-hybridized carbons (Fsp3) is 0.182. The monoisotopic (exact) mass is 191 g/mol. The van der Waals surface area contributed by atoms with E-state index in [1.54, 1.807) is 13.2 Å². The lowest BCUT2D eigenvalue weighted by Gasteiger charge is -2.06. The Morgan fingerprint density at radius 1 is 1.50 bits per heavy atom. The van der Waals surface area contributed by atoms with Crippen molar-refractivity contribution in [3.05, 3.63) is 35.4 Å². The van der Waals surface area contributed by atoms with Gasteiger partial charge in [0.2, 0.25) is 5.91 Å². The third kappa shape index (κ3) is 2.36. The first-order valence-electron chi connectivity index (χ1n) is 4.26. The van der Waals surface area contributed by atoms with Crippen LogP contribution >= 0.6 is 0 Å². The molecule has 1 aromatic carbocycles. The number of rotatable bonds is 3. The minimum Gasteiger partial charge on any atom is -0.496 e. The smallest absolute Gasteiger partial charge is 0.241 e. The van der Waals surface area contributed by atoms with Crippen LogP contribution in [-0.2, 0) is 4.79 Å². The van der Waals surface area contributed by atoms with Crippen LogP contribution in [0.1, 0.15) is 11.1 Å². The number of hydrogen-bond donors (Lipinski definition) is 1. The van der Waals surface area contributed by atoms with Crippen LogP contribution in [0.5, 0.6) is 5.75 Å². The zero-order valence-corrected chi connectivity index (χ0v) is 8.28. The molecular formula is C11H13NO2. The number of hydrogen-bond acceptors (Lipinski definition) is 2. The van der Waals surface area contributed by atoms with Crippen LogP contribution in [0.25, 0.3) is 6.08 Å². The molecule has 0 aliphatic carbocycles. The van der Waals surface area contributed by atoms with Crippen molar-refractivity contribution in [1.29, 1.82) is 0 Å². The Bertz CT molecular complexity index is 370. The number of methoxy groups -OCH3 is 1. The minimum absolute atomic E-state index is 0.463. The molecule has 0 unspecified atom stereocenters. The molecular weight excluding hydrogens is 178 g/mol. The van der Waals surface area contributed by atoms with Gasteiger partial charge in [-0.3, -0.25) is 4.79 Å². The summed E-state index contributed by atoms with van der Waals surface area (Å²) in [5.41, 5.74) is 6.94. The van der Waals surface area contributed by atoms with Gasteiger partial charge in [0.1, 0.15) is 5.75 Å². The lowest BCUT2D eigenvalue weighted by atomic mass is 10.1. The minimum atomic E-state index is -0.463. The number of carbonyl (C=O) groups excluding carboxylic acids is 1. The Balaban J connectivity index is 3.11. The molecule has 0 saturated carbocycles. The standard InChI is InChI=1S/C11H13NO2/c1-8-4-3-5-10(14-2)9(8)6-7-11(12)13/h3-7H,1-2H3,(H2,12,13)/b7-6-. The summed E-state index contributed by atoms with van der Waals surface area (Å²) < 4.78 is 5.16. The molecule has 0 aliphatic rings. The van der Waals surface area contributed by atoms with Crippen LogP contribution in [0.15, 0.2) is 24.3 Å². The van der Waals surface area contributed by atoms with E-state index in [4.69, 9.17) is 10.5 Å². The van der Waals surface area contributed by atoms with Crippen molar-refractivity contribution < 1.29 is 9.53 Å². The Morgan fingerprint density at radius 2 is 2.21 bits per heavy atom. The van der Waals surface area contributed by atoms with Crippen molar-refractivity contribution in [2.75, 3.05) is 7.11 Å². The average Bonchev–Trinajstić information content (AvgIpc) is 2.15. The van der Waals surface area contributed by atoms with E-state index in [2.05, 4.69) is 0 Å². The van der Waals surface area contributed by atoms with Gasteiger partial charge in [0.05, 0.1) is 7.11 Å². The quantitative estimate of drug-likeness (QED) is 0.736. The maximum Gasteiger partial charge on any atom is 0.241 e. The Kier molecular flexibility index (Phi) is 3.29. The third-order valence-corrected chi connectivity index (χ3v) is 1.92. The maximum absolute atomic E-state index is 10.6. The number of carbonyl (C=O) groups is 1. The molecule has 1 rings (SSSR count). The van der Waals surface area contributed by atoms with E-state index in [1.165, 1.54) is 6.08 Å². The number of aryl methyl sites for hydroxylation is 1. The molecule has 74 valence electrons. The van der Waals surface area contributed by atoms with Crippen LogP contribution in [0.4, 0.5) is 0 Å². The summed E-state index contributed by atoms with van der Waals surface area (Å²) in [5, 5.41) is 0. The fourth-order valence-electron chi connectivity index (χ4n) is 1.21. The Morgan fingerprint density at radius 3 is 2.79 bits per heavy atom. The van der Waals surface area contributed by atoms with Gasteiger partial charge in [0, 0.05) is 11.6 Å². The van der Waals surface area contributed by atoms with Crippen LogP contribution in [0.2, 0.25) is 0 Å². The zero-order chi connectivity index (χ0) is 10.6. The molecule has 2 N–H and O–H groups in total. The summed E-state index contributed by atoms with van der Waals surface area (Å²) in [6.07, 6.45) is 2.99. The van der Waals surface area contributed by atoms with Crippen LogP contribution in [0, 0.1) is 6.92 Å². The molecule has 3 nitrogen and oxygen atoms in total. The van der Waals surface area contributed by atoms with Crippen molar-refractivity contribution in [1.82, 2.24) is 0 Å². The van der Waals surface area contributed by atoms with Gasteiger partial charge in [-0.25, -0.2) is 0 Å². The normalized spacial score (nSPS) is 10.4. The van der Waals surface area contributed by atoms with E-state index < -0.39 is 5.91 Å². The molecule has 0 aromatic heterocycles. The predicted molar refractivity (Wildman–Crippen MR) is 56.0 cm³/mol. The predicted octanol–water partition coefficient (Wildman–Crippen LogP) is 1.50. The summed E-state index contributed by atoms with van der Waals surface area (Å²) in [5.74, 6) is 0.276. The zero-order valence-electron chi connectivity index (χ0n) is 8.28. The van der Waals surface area contributed by atoms with E-state index in [0.29, 0.717) is 0 Å². The van der Waals surface area contributed by atoms with Gasteiger partial charge in [-0.05, 0) is 24.6 Å². The molecule has 0 heterocycles. The lowest BCUT2D eigenvalue weighted by Crippen LogP contribution is -2.05. The Labute approximate surface area is 83.2 Å². The number of primary amides is 1. The largest absolute Gasteiger partial charge is 0.496 e. The second-order valence-corrected chi connectivity index (χ2v) is 2.93. The van der Waals surface area contributed by atoms with Crippen LogP contribution in [0.3, 0.4) is 0 Å². The van der Waals surface area contributed by atoms with Gasteiger partial charge in [-0.1, -0.05) is 12.1 Å². The Hall–Kier alpha value is -1.77. The molecule has 0 spiro atoms. The number of nitrogens with two attached hydrogens (primary N) is 1. The molecule has 1 amide bonds. The first-order chi connectivity index (χ1) is 6.65. The van der Waals surface area contributed by atoms with Crippen molar-refractivity contribution >= 4 is 12.0 Å². The molecule has 0 fully saturated rings. The van der Waals surface area contributed by atoms with Crippen molar-refractivity contribution in [3.63, 3.8) is 0 Å². The van der Waals surface area contributed by atoms with Crippen LogP contribution < -0.4 is 10.5 Å². The van der Waals surface area contributed by atoms with Crippen LogP contribution in [-0.4, -0.2) is 13.0 Å². The second-order valence-electron chi connectivity index (χ2n) is 2.93. The molecule has 1 aromatic rings. The van der Waals surface area contributed by atoms with Gasteiger partial charge < -0.3 is 10.5 Å². The summed E-state index contributed by atoms with van der Waals surface area (Å²) in [6.45, 7) is 1.95. The number of ether oxygens (including phenoxy) is 1. The molecule has 14 heavy (non-hydrogen) atoms. The van der Waals surface area contributed by atoms with Crippen molar-refractivity contribution in [2.24, 2.45) is 5.73 Å². The first kappa shape index (κ1) is 10.3.